The van der Waals surface area contributed by atoms with E-state index in [1.807, 2.05) is 6.07 Å². The van der Waals surface area contributed by atoms with Crippen LogP contribution in [0.25, 0.3) is 0 Å². The number of ketones is 1. The van der Waals surface area contributed by atoms with Crippen molar-refractivity contribution in [2.24, 2.45) is 12.8 Å². The van der Waals surface area contributed by atoms with Crippen molar-refractivity contribution < 1.29 is 9.59 Å². The van der Waals surface area contributed by atoms with E-state index in [-0.39, 0.29) is 11.6 Å². The van der Waals surface area contributed by atoms with E-state index in [1.165, 1.54) is 0 Å². The zero-order valence-electron chi connectivity index (χ0n) is 14.3. The molecule has 1 atom stereocenters. The first-order chi connectivity index (χ1) is 12.4. The van der Waals surface area contributed by atoms with Gasteiger partial charge in [-0.1, -0.05) is 41.7 Å². The van der Waals surface area contributed by atoms with Crippen LogP contribution in [0.2, 0.25) is 0 Å². The van der Waals surface area contributed by atoms with Gasteiger partial charge < -0.3 is 16.4 Å². The fourth-order valence-electron chi connectivity index (χ4n) is 2.47. The summed E-state index contributed by atoms with van der Waals surface area (Å²) in [5.74, 6) is -0.632. The Morgan fingerprint density at radius 1 is 1.27 bits per heavy atom. The number of nitrogens with two attached hydrogens (primary N) is 2. The third-order valence-electron chi connectivity index (χ3n) is 3.86. The van der Waals surface area contributed by atoms with Crippen molar-refractivity contribution in [2.45, 2.75) is 13.0 Å². The van der Waals surface area contributed by atoms with Gasteiger partial charge >= 0.3 is 0 Å². The van der Waals surface area contributed by atoms with Crippen LogP contribution in [0.5, 0.6) is 0 Å². The number of hydrogen-bond donors (Lipinski definition) is 2. The molecule has 0 radical (unpaired) electrons. The summed E-state index contributed by atoms with van der Waals surface area (Å²) in [6.45, 7) is 1.66. The zero-order chi connectivity index (χ0) is 18.8. The summed E-state index contributed by atoms with van der Waals surface area (Å²) in [5, 5.41) is 4.52. The van der Waals surface area contributed by atoms with E-state index in [4.69, 9.17) is 11.5 Å². The number of aromatic nitrogens is 3. The summed E-state index contributed by atoms with van der Waals surface area (Å²) in [5.41, 5.74) is 12.6. The van der Waals surface area contributed by atoms with Crippen molar-refractivity contribution in [3.63, 3.8) is 0 Å². The Hall–Kier alpha value is -3.20. The number of carbonyl (C=O) groups excluding carboxylic acids is 2. The number of rotatable bonds is 6. The minimum Gasteiger partial charge on any atom is -0.382 e. The number of carbonyl (C=O) groups is 2. The van der Waals surface area contributed by atoms with Gasteiger partial charge in [0.1, 0.15) is 16.7 Å². The minimum absolute atomic E-state index is 0.115. The summed E-state index contributed by atoms with van der Waals surface area (Å²) in [6.07, 6.45) is 3.32. The van der Waals surface area contributed by atoms with Gasteiger partial charge in [-0.05, 0) is 6.92 Å². The Labute approximate surface area is 154 Å². The molecule has 2 aromatic heterocycles. The van der Waals surface area contributed by atoms with Crippen LogP contribution in [0, 0.1) is 0 Å². The maximum atomic E-state index is 12.7. The molecule has 4 N–H and O–H groups in total. The van der Waals surface area contributed by atoms with E-state index in [0.29, 0.717) is 21.3 Å². The van der Waals surface area contributed by atoms with E-state index >= 15 is 0 Å². The molecule has 0 unspecified atom stereocenters. The van der Waals surface area contributed by atoms with E-state index in [9.17, 15) is 9.59 Å². The standard InChI is InChI=1S/C17H18N6O2S/c1-10(16(19)25)23(12-8-20-22(2)9-12)17-21-15(18)14(26-17)13(24)11-6-4-3-5-7-11/h3-10H,18H2,1-2H3,(H2,19,25)/t10-/m0/s1. The lowest BCUT2D eigenvalue weighted by atomic mass is 10.1. The molecular weight excluding hydrogens is 352 g/mol. The van der Waals surface area contributed by atoms with Gasteiger partial charge in [-0.3, -0.25) is 14.3 Å². The third kappa shape index (κ3) is 3.29. The smallest absolute Gasteiger partial charge is 0.240 e. The van der Waals surface area contributed by atoms with Crippen LogP contribution in [0.3, 0.4) is 0 Å². The molecule has 3 rings (SSSR count). The lowest BCUT2D eigenvalue weighted by molar-refractivity contribution is -0.118. The van der Waals surface area contributed by atoms with Crippen molar-refractivity contribution in [1.82, 2.24) is 14.8 Å². The number of anilines is 3. The molecule has 0 bridgehead atoms. The van der Waals surface area contributed by atoms with Crippen LogP contribution in [-0.2, 0) is 11.8 Å². The van der Waals surface area contributed by atoms with Crippen LogP contribution >= 0.6 is 11.3 Å². The molecule has 134 valence electrons. The van der Waals surface area contributed by atoms with Crippen molar-refractivity contribution in [2.75, 3.05) is 10.6 Å². The largest absolute Gasteiger partial charge is 0.382 e. The fraction of sp³-hybridized carbons (Fsp3) is 0.176. The van der Waals surface area contributed by atoms with Gasteiger partial charge in [0.25, 0.3) is 0 Å². The molecule has 0 saturated carbocycles. The average molecular weight is 370 g/mol. The Morgan fingerprint density at radius 3 is 2.54 bits per heavy atom. The van der Waals surface area contributed by atoms with Gasteiger partial charge in [0.15, 0.2) is 5.13 Å². The molecule has 8 nitrogen and oxygen atoms in total. The van der Waals surface area contributed by atoms with Gasteiger partial charge in [0.05, 0.1) is 11.9 Å². The van der Waals surface area contributed by atoms with Crippen molar-refractivity contribution in [3.05, 3.63) is 53.2 Å². The first kappa shape index (κ1) is 17.6. The second-order valence-electron chi connectivity index (χ2n) is 5.73. The normalized spacial score (nSPS) is 11.9. The fourth-order valence-corrected chi connectivity index (χ4v) is 3.52. The second-order valence-corrected chi connectivity index (χ2v) is 6.70. The number of aryl methyl sites for hydroxylation is 1. The van der Waals surface area contributed by atoms with Gasteiger partial charge in [-0.15, -0.1) is 0 Å². The topological polar surface area (TPSA) is 120 Å². The van der Waals surface area contributed by atoms with Crippen molar-refractivity contribution in [3.8, 4) is 0 Å². The van der Waals surface area contributed by atoms with Crippen molar-refractivity contribution >= 4 is 39.7 Å². The van der Waals surface area contributed by atoms with Crippen LogP contribution in [0.4, 0.5) is 16.6 Å². The SMILES string of the molecule is C[C@@H](C(N)=O)N(c1cnn(C)c1)c1nc(N)c(C(=O)c2ccccc2)s1. The summed E-state index contributed by atoms with van der Waals surface area (Å²) in [4.78, 5) is 30.7. The number of nitrogens with zero attached hydrogens (tertiary/aromatic N) is 4. The molecule has 26 heavy (non-hydrogen) atoms. The van der Waals surface area contributed by atoms with E-state index in [2.05, 4.69) is 10.1 Å². The second kappa shape index (κ2) is 6.96. The Bertz CT molecular complexity index is 949. The number of benzene rings is 1. The minimum atomic E-state index is -0.690. The van der Waals surface area contributed by atoms with Gasteiger partial charge in [0, 0.05) is 18.8 Å². The molecule has 0 fully saturated rings. The number of thiazole rings is 1. The first-order valence-electron chi connectivity index (χ1n) is 7.81. The Balaban J connectivity index is 2.04. The molecule has 1 aromatic carbocycles. The average Bonchev–Trinajstić information content (AvgIpc) is 3.21. The highest BCUT2D eigenvalue weighted by Gasteiger charge is 2.28. The summed E-state index contributed by atoms with van der Waals surface area (Å²) >= 11 is 1.12. The maximum Gasteiger partial charge on any atom is 0.240 e. The lowest BCUT2D eigenvalue weighted by Gasteiger charge is -2.24. The van der Waals surface area contributed by atoms with Crippen LogP contribution in [0.15, 0.2) is 42.7 Å². The molecule has 0 spiro atoms. The number of hydrogen-bond acceptors (Lipinski definition) is 7. The maximum absolute atomic E-state index is 12.7. The van der Waals surface area contributed by atoms with Crippen LogP contribution in [-0.4, -0.2) is 32.5 Å². The van der Waals surface area contributed by atoms with Crippen LogP contribution < -0.4 is 16.4 Å². The Kier molecular flexibility index (Phi) is 4.72. The number of nitrogen functional groups attached to an aromatic ring is 1. The summed E-state index contributed by atoms with van der Waals surface area (Å²) < 4.78 is 1.60. The molecule has 0 aliphatic carbocycles. The Morgan fingerprint density at radius 2 is 1.96 bits per heavy atom. The highest BCUT2D eigenvalue weighted by Crippen LogP contribution is 2.35. The molecule has 0 aliphatic heterocycles. The van der Waals surface area contributed by atoms with E-state index in [1.54, 1.807) is 60.2 Å². The summed E-state index contributed by atoms with van der Waals surface area (Å²) in [6, 6.07) is 8.13. The third-order valence-corrected chi connectivity index (χ3v) is 4.93. The van der Waals surface area contributed by atoms with E-state index in [0.717, 1.165) is 11.3 Å². The monoisotopic (exact) mass is 370 g/mol. The number of amides is 1. The first-order valence-corrected chi connectivity index (χ1v) is 8.63. The molecule has 0 aliphatic rings. The van der Waals surface area contributed by atoms with Crippen molar-refractivity contribution in [1.29, 1.82) is 0 Å². The highest BCUT2D eigenvalue weighted by atomic mass is 32.1. The molecular formula is C17H18N6O2S. The molecule has 0 saturated heterocycles. The van der Waals surface area contributed by atoms with Gasteiger partial charge in [-0.2, -0.15) is 5.10 Å². The molecule has 1 amide bonds. The quantitative estimate of drug-likeness (QED) is 0.637. The molecule has 9 heteroatoms. The molecule has 2 heterocycles. The highest BCUT2D eigenvalue weighted by molar-refractivity contribution is 7.18. The number of primary amides is 1. The zero-order valence-corrected chi connectivity index (χ0v) is 15.1. The lowest BCUT2D eigenvalue weighted by Crippen LogP contribution is -2.39. The van der Waals surface area contributed by atoms with E-state index < -0.39 is 11.9 Å². The van der Waals surface area contributed by atoms with Gasteiger partial charge in [0.2, 0.25) is 11.7 Å². The van der Waals surface area contributed by atoms with Crippen LogP contribution in [0.1, 0.15) is 22.2 Å². The predicted octanol–water partition coefficient (Wildman–Crippen LogP) is 1.70. The predicted molar refractivity (Wildman–Crippen MR) is 100 cm³/mol. The van der Waals surface area contributed by atoms with Gasteiger partial charge in [-0.25, -0.2) is 4.98 Å². The summed E-state index contributed by atoms with van der Waals surface area (Å²) in [7, 11) is 1.76. The molecule has 3 aromatic rings.